The number of carbonyl (C=O) groups is 2. The van der Waals surface area contributed by atoms with Crippen LogP contribution in [-0.4, -0.2) is 29.8 Å². The zero-order valence-corrected chi connectivity index (χ0v) is 14.6. The van der Waals surface area contributed by atoms with E-state index in [0.29, 0.717) is 11.1 Å². The Balaban J connectivity index is 2.04. The van der Waals surface area contributed by atoms with Crippen LogP contribution in [0.2, 0.25) is 0 Å². The van der Waals surface area contributed by atoms with E-state index >= 15 is 0 Å². The summed E-state index contributed by atoms with van der Waals surface area (Å²) in [5.74, 6) is -1.51. The Labute approximate surface area is 152 Å². The zero-order chi connectivity index (χ0) is 20.2. The second-order valence-corrected chi connectivity index (χ2v) is 5.96. The molecule has 9 heteroatoms. The van der Waals surface area contributed by atoms with Gasteiger partial charge >= 0.3 is 12.1 Å². The quantitative estimate of drug-likeness (QED) is 0.760. The fourth-order valence-electron chi connectivity index (χ4n) is 2.44. The first-order valence-electron chi connectivity index (χ1n) is 7.96. The predicted molar refractivity (Wildman–Crippen MR) is 88.7 cm³/mol. The molecule has 0 aliphatic rings. The van der Waals surface area contributed by atoms with Crippen molar-refractivity contribution in [1.29, 1.82) is 0 Å². The van der Waals surface area contributed by atoms with Crippen molar-refractivity contribution in [1.82, 2.24) is 5.32 Å². The Hall–Kier alpha value is -2.97. The molecule has 2 rings (SSSR count). The van der Waals surface area contributed by atoms with E-state index in [1.54, 1.807) is 13.8 Å². The molecule has 0 radical (unpaired) electrons. The smallest absolute Gasteiger partial charge is 0.422 e. The number of aliphatic carboxylic acids is 1. The van der Waals surface area contributed by atoms with Crippen LogP contribution in [0.15, 0.2) is 34.9 Å². The Morgan fingerprint density at radius 3 is 2.44 bits per heavy atom. The van der Waals surface area contributed by atoms with Crippen LogP contribution in [0.25, 0.3) is 0 Å². The van der Waals surface area contributed by atoms with Gasteiger partial charge in [-0.2, -0.15) is 13.2 Å². The van der Waals surface area contributed by atoms with Crippen LogP contribution in [-0.2, 0) is 11.2 Å². The van der Waals surface area contributed by atoms with Crippen molar-refractivity contribution in [3.63, 3.8) is 0 Å². The molecule has 1 aromatic carbocycles. The lowest BCUT2D eigenvalue weighted by atomic mass is 10.1. The number of carboxylic acid groups (broad SMARTS) is 1. The van der Waals surface area contributed by atoms with Crippen molar-refractivity contribution in [2.75, 3.05) is 6.61 Å². The van der Waals surface area contributed by atoms with E-state index in [-0.39, 0.29) is 17.1 Å². The molecule has 1 aromatic heterocycles. The third kappa shape index (κ3) is 5.77. The zero-order valence-electron chi connectivity index (χ0n) is 14.6. The van der Waals surface area contributed by atoms with Gasteiger partial charge in [-0.3, -0.25) is 9.59 Å². The first-order chi connectivity index (χ1) is 12.6. The summed E-state index contributed by atoms with van der Waals surface area (Å²) in [6.07, 6.45) is -3.53. The number of alkyl halides is 3. The lowest BCUT2D eigenvalue weighted by Gasteiger charge is -2.16. The highest BCUT2D eigenvalue weighted by molar-refractivity contribution is 5.97. The van der Waals surface area contributed by atoms with E-state index in [4.69, 9.17) is 9.52 Å². The minimum atomic E-state index is -4.42. The van der Waals surface area contributed by atoms with Gasteiger partial charge in [0.05, 0.1) is 17.9 Å². The van der Waals surface area contributed by atoms with Gasteiger partial charge in [0, 0.05) is 5.56 Å². The third-order valence-corrected chi connectivity index (χ3v) is 3.72. The number of benzene rings is 1. The normalized spacial score (nSPS) is 12.5. The summed E-state index contributed by atoms with van der Waals surface area (Å²) in [7, 11) is 0. The number of carboxylic acids is 1. The maximum Gasteiger partial charge on any atom is 0.422 e. The molecule has 1 heterocycles. The number of furan rings is 1. The molecule has 1 amide bonds. The van der Waals surface area contributed by atoms with Gasteiger partial charge in [-0.1, -0.05) is 12.1 Å². The van der Waals surface area contributed by atoms with Gasteiger partial charge in [-0.15, -0.1) is 0 Å². The van der Waals surface area contributed by atoms with E-state index in [2.05, 4.69) is 10.1 Å². The third-order valence-electron chi connectivity index (χ3n) is 3.72. The lowest BCUT2D eigenvalue weighted by Crippen LogP contribution is -2.28. The van der Waals surface area contributed by atoms with Crippen LogP contribution in [0, 0.1) is 6.92 Å². The molecule has 1 atom stereocenters. The summed E-state index contributed by atoms with van der Waals surface area (Å²) in [4.78, 5) is 23.3. The molecule has 6 nitrogen and oxygen atoms in total. The van der Waals surface area contributed by atoms with E-state index in [1.807, 2.05) is 0 Å². The van der Waals surface area contributed by atoms with Gasteiger partial charge < -0.3 is 19.6 Å². The number of nitrogens with one attached hydrogen (secondary N) is 1. The second kappa shape index (κ2) is 8.15. The maximum absolute atomic E-state index is 12.5. The topological polar surface area (TPSA) is 88.8 Å². The van der Waals surface area contributed by atoms with E-state index in [0.717, 1.165) is 0 Å². The number of aryl methyl sites for hydroxylation is 1. The molecule has 2 aromatic rings. The molecule has 0 aliphatic heterocycles. The summed E-state index contributed by atoms with van der Waals surface area (Å²) in [5, 5.41) is 11.6. The molecule has 0 saturated carbocycles. The maximum atomic E-state index is 12.5. The van der Waals surface area contributed by atoms with Crippen LogP contribution in [0.3, 0.4) is 0 Å². The molecule has 2 N–H and O–H groups in total. The Kier molecular flexibility index (Phi) is 6.14. The first-order valence-corrected chi connectivity index (χ1v) is 7.96. The molecule has 0 spiro atoms. The van der Waals surface area contributed by atoms with Crippen molar-refractivity contribution in [2.24, 2.45) is 0 Å². The van der Waals surface area contributed by atoms with Gasteiger partial charge in [-0.25, -0.2) is 0 Å². The molecule has 146 valence electrons. The van der Waals surface area contributed by atoms with Gasteiger partial charge in [0.15, 0.2) is 6.61 Å². The van der Waals surface area contributed by atoms with Crippen molar-refractivity contribution < 1.29 is 37.0 Å². The number of halogens is 3. The monoisotopic (exact) mass is 385 g/mol. The Bertz CT molecular complexity index is 811. The van der Waals surface area contributed by atoms with Gasteiger partial charge in [0.25, 0.3) is 5.91 Å². The summed E-state index contributed by atoms with van der Waals surface area (Å²) >= 11 is 0. The summed E-state index contributed by atoms with van der Waals surface area (Å²) in [6.45, 7) is 1.93. The van der Waals surface area contributed by atoms with Gasteiger partial charge in [0.2, 0.25) is 0 Å². The average Bonchev–Trinajstić information content (AvgIpc) is 2.92. The number of carbonyl (C=O) groups excluding carboxylic acids is 1. The number of amides is 1. The predicted octanol–water partition coefficient (Wildman–Crippen LogP) is 3.65. The molecule has 27 heavy (non-hydrogen) atoms. The number of hydrogen-bond donors (Lipinski definition) is 2. The van der Waals surface area contributed by atoms with Crippen molar-refractivity contribution >= 4 is 11.9 Å². The van der Waals surface area contributed by atoms with E-state index in [9.17, 15) is 22.8 Å². The summed E-state index contributed by atoms with van der Waals surface area (Å²) < 4.78 is 46.2. The van der Waals surface area contributed by atoms with E-state index < -0.39 is 37.1 Å². The summed E-state index contributed by atoms with van der Waals surface area (Å²) in [6, 6.07) is 5.36. The lowest BCUT2D eigenvalue weighted by molar-refractivity contribution is -0.153. The minimum Gasteiger partial charge on any atom is -0.484 e. The van der Waals surface area contributed by atoms with Crippen LogP contribution >= 0.6 is 0 Å². The molecule has 0 aliphatic carbocycles. The number of ether oxygens (including phenoxy) is 1. The van der Waals surface area contributed by atoms with Crippen LogP contribution < -0.4 is 10.1 Å². The first kappa shape index (κ1) is 20.3. The fraction of sp³-hybridized carbons (Fsp3) is 0.333. The molecule has 0 fully saturated rings. The van der Waals surface area contributed by atoms with Crippen molar-refractivity contribution in [3.8, 4) is 5.75 Å². The molecule has 0 saturated heterocycles. The standard InChI is InChI=1S/C18H18F3NO5/c1-10-8-26-14(7-15(23)24)16(10)17(25)22-11(2)12-3-5-13(6-4-12)27-9-18(19,20)21/h3-6,8,11H,7,9H2,1-2H3,(H,22,25)(H,23,24). The molecule has 0 bridgehead atoms. The van der Waals surface area contributed by atoms with Crippen LogP contribution in [0.5, 0.6) is 5.75 Å². The largest absolute Gasteiger partial charge is 0.484 e. The minimum absolute atomic E-state index is 0.0561. The number of rotatable bonds is 7. The van der Waals surface area contributed by atoms with Crippen molar-refractivity contribution in [2.45, 2.75) is 32.5 Å². The summed E-state index contributed by atoms with van der Waals surface area (Å²) in [5.41, 5.74) is 1.31. The molecule has 1 unspecified atom stereocenters. The molecular formula is C18H18F3NO5. The van der Waals surface area contributed by atoms with Gasteiger partial charge in [0.1, 0.15) is 17.9 Å². The Morgan fingerprint density at radius 1 is 1.26 bits per heavy atom. The Morgan fingerprint density at radius 2 is 1.89 bits per heavy atom. The highest BCUT2D eigenvalue weighted by Crippen LogP contribution is 2.22. The SMILES string of the molecule is Cc1coc(CC(=O)O)c1C(=O)NC(C)c1ccc(OCC(F)(F)F)cc1. The second-order valence-electron chi connectivity index (χ2n) is 5.96. The highest BCUT2D eigenvalue weighted by atomic mass is 19.4. The average molecular weight is 385 g/mol. The highest BCUT2D eigenvalue weighted by Gasteiger charge is 2.28. The van der Waals surface area contributed by atoms with Gasteiger partial charge in [-0.05, 0) is 31.5 Å². The van der Waals surface area contributed by atoms with Crippen LogP contribution in [0.1, 0.15) is 40.2 Å². The fourth-order valence-corrected chi connectivity index (χ4v) is 2.44. The molecular weight excluding hydrogens is 367 g/mol. The van der Waals surface area contributed by atoms with Crippen molar-refractivity contribution in [3.05, 3.63) is 53.0 Å². The van der Waals surface area contributed by atoms with Crippen LogP contribution in [0.4, 0.5) is 13.2 Å². The van der Waals surface area contributed by atoms with E-state index in [1.165, 1.54) is 30.5 Å². The number of hydrogen-bond acceptors (Lipinski definition) is 4.